The summed E-state index contributed by atoms with van der Waals surface area (Å²) < 4.78 is 16.4. The molecular formula is C22H24O6. The van der Waals surface area contributed by atoms with Gasteiger partial charge in [0, 0.05) is 18.1 Å². The zero-order valence-corrected chi connectivity index (χ0v) is 16.4. The molecule has 1 aliphatic heterocycles. The van der Waals surface area contributed by atoms with Crippen LogP contribution in [0.1, 0.15) is 35.3 Å². The lowest BCUT2D eigenvalue weighted by Gasteiger charge is -2.37. The molecule has 0 saturated heterocycles. The Kier molecular flexibility index (Phi) is 5.34. The van der Waals surface area contributed by atoms with Crippen LogP contribution in [-0.2, 0) is 6.42 Å². The molecule has 0 aliphatic carbocycles. The van der Waals surface area contributed by atoms with Gasteiger partial charge in [-0.2, -0.15) is 0 Å². The first-order chi connectivity index (χ1) is 13.3. The van der Waals surface area contributed by atoms with Gasteiger partial charge < -0.3 is 24.4 Å². The van der Waals surface area contributed by atoms with E-state index < -0.39 is 11.7 Å². The van der Waals surface area contributed by atoms with E-state index in [0.717, 1.165) is 0 Å². The highest BCUT2D eigenvalue weighted by Gasteiger charge is 2.36. The molecule has 0 amide bonds. The fourth-order valence-corrected chi connectivity index (χ4v) is 3.17. The smallest absolute Gasteiger partial charge is 0.189 e. The molecule has 1 unspecified atom stereocenters. The van der Waals surface area contributed by atoms with Gasteiger partial charge in [0.1, 0.15) is 17.1 Å². The predicted molar refractivity (Wildman–Crippen MR) is 105 cm³/mol. The Morgan fingerprint density at radius 1 is 1.25 bits per heavy atom. The Bertz CT molecular complexity index is 929. The number of aromatic hydroxyl groups is 1. The summed E-state index contributed by atoms with van der Waals surface area (Å²) in [6.07, 6.45) is 2.61. The largest absolute Gasteiger partial charge is 0.507 e. The standard InChI is InChI=1S/C22H24O6/c1-22(2)20(25)11-14-10-15(17(24)12-19(14)28-22)16(23)9-8-13-6-5-7-18(26-3)21(13)27-4/h5-10,12,20,24-25H,11H2,1-4H3/b9-8+. The Balaban J connectivity index is 1.90. The van der Waals surface area contributed by atoms with Crippen molar-refractivity contribution >= 4 is 11.9 Å². The molecule has 2 aromatic carbocycles. The van der Waals surface area contributed by atoms with Crippen molar-refractivity contribution in [3.05, 3.63) is 53.1 Å². The van der Waals surface area contributed by atoms with Crippen molar-refractivity contribution < 1.29 is 29.2 Å². The van der Waals surface area contributed by atoms with Crippen LogP contribution in [0.15, 0.2) is 36.4 Å². The number of aliphatic hydroxyl groups is 1. The van der Waals surface area contributed by atoms with E-state index in [4.69, 9.17) is 14.2 Å². The van der Waals surface area contributed by atoms with E-state index in [1.165, 1.54) is 19.3 Å². The summed E-state index contributed by atoms with van der Waals surface area (Å²) in [5.41, 5.74) is 0.745. The highest BCUT2D eigenvalue weighted by molar-refractivity contribution is 6.09. The second-order valence-electron chi connectivity index (χ2n) is 7.18. The molecule has 0 radical (unpaired) electrons. The van der Waals surface area contributed by atoms with Gasteiger partial charge in [0.25, 0.3) is 0 Å². The van der Waals surface area contributed by atoms with Crippen LogP contribution in [0.2, 0.25) is 0 Å². The monoisotopic (exact) mass is 384 g/mol. The first kappa shape index (κ1) is 19.8. The Hall–Kier alpha value is -2.99. The lowest BCUT2D eigenvalue weighted by atomic mass is 9.89. The lowest BCUT2D eigenvalue weighted by Crippen LogP contribution is -2.46. The number of ketones is 1. The first-order valence-electron chi connectivity index (χ1n) is 8.93. The van der Waals surface area contributed by atoms with Gasteiger partial charge in [-0.15, -0.1) is 0 Å². The van der Waals surface area contributed by atoms with Crippen molar-refractivity contribution in [3.8, 4) is 23.0 Å². The number of ether oxygens (including phenoxy) is 3. The summed E-state index contributed by atoms with van der Waals surface area (Å²) in [6.45, 7) is 3.56. The quantitative estimate of drug-likeness (QED) is 0.607. The van der Waals surface area contributed by atoms with Crippen molar-refractivity contribution in [2.75, 3.05) is 14.2 Å². The maximum atomic E-state index is 12.7. The van der Waals surface area contributed by atoms with Crippen LogP contribution in [0.25, 0.3) is 6.08 Å². The van der Waals surface area contributed by atoms with Crippen molar-refractivity contribution in [1.29, 1.82) is 0 Å². The highest BCUT2D eigenvalue weighted by Crippen LogP contribution is 2.38. The number of rotatable bonds is 5. The molecule has 1 aliphatic rings. The molecule has 0 saturated carbocycles. The van der Waals surface area contributed by atoms with Crippen LogP contribution in [-0.4, -0.2) is 41.9 Å². The van der Waals surface area contributed by atoms with Crippen LogP contribution >= 0.6 is 0 Å². The van der Waals surface area contributed by atoms with Crippen LogP contribution < -0.4 is 14.2 Å². The molecule has 2 aromatic rings. The minimum atomic E-state index is -0.756. The number of fused-ring (bicyclic) bond motifs is 1. The zero-order chi connectivity index (χ0) is 20.5. The molecular weight excluding hydrogens is 360 g/mol. The number of phenols is 1. The second kappa shape index (κ2) is 7.56. The van der Waals surface area contributed by atoms with Gasteiger partial charge in [-0.1, -0.05) is 12.1 Å². The topological polar surface area (TPSA) is 85.2 Å². The van der Waals surface area contributed by atoms with Crippen LogP contribution in [0.3, 0.4) is 0 Å². The van der Waals surface area contributed by atoms with Gasteiger partial charge in [0.15, 0.2) is 17.3 Å². The average Bonchev–Trinajstić information content (AvgIpc) is 2.66. The van der Waals surface area contributed by atoms with E-state index in [-0.39, 0.29) is 17.1 Å². The predicted octanol–water partition coefficient (Wildman–Crippen LogP) is 3.38. The van der Waals surface area contributed by atoms with Crippen LogP contribution in [0.5, 0.6) is 23.0 Å². The highest BCUT2D eigenvalue weighted by atomic mass is 16.5. The van der Waals surface area contributed by atoms with Gasteiger partial charge in [-0.3, -0.25) is 4.79 Å². The molecule has 0 spiro atoms. The second-order valence-corrected chi connectivity index (χ2v) is 7.18. The zero-order valence-electron chi connectivity index (χ0n) is 16.4. The van der Waals surface area contributed by atoms with Crippen molar-refractivity contribution in [1.82, 2.24) is 0 Å². The third-order valence-electron chi connectivity index (χ3n) is 4.88. The van der Waals surface area contributed by atoms with Gasteiger partial charge >= 0.3 is 0 Å². The summed E-state index contributed by atoms with van der Waals surface area (Å²) >= 11 is 0. The van der Waals surface area contributed by atoms with E-state index in [0.29, 0.717) is 34.8 Å². The summed E-state index contributed by atoms with van der Waals surface area (Å²) in [5.74, 6) is 1.01. The van der Waals surface area contributed by atoms with E-state index >= 15 is 0 Å². The van der Waals surface area contributed by atoms with Crippen LogP contribution in [0.4, 0.5) is 0 Å². The van der Waals surface area contributed by atoms with E-state index in [1.807, 2.05) is 0 Å². The number of para-hydroxylation sites is 1. The fraction of sp³-hybridized carbons (Fsp3) is 0.318. The number of carbonyl (C=O) groups excluding carboxylic acids is 1. The number of methoxy groups -OCH3 is 2. The number of aliphatic hydroxyl groups excluding tert-OH is 1. The van der Waals surface area contributed by atoms with Gasteiger partial charge in [0.05, 0.1) is 25.9 Å². The number of hydrogen-bond donors (Lipinski definition) is 2. The lowest BCUT2D eigenvalue weighted by molar-refractivity contribution is -0.0412. The summed E-state index contributed by atoms with van der Waals surface area (Å²) in [4.78, 5) is 12.7. The number of benzene rings is 2. The molecule has 6 nitrogen and oxygen atoms in total. The van der Waals surface area contributed by atoms with Crippen molar-refractivity contribution in [2.24, 2.45) is 0 Å². The average molecular weight is 384 g/mol. The number of carbonyl (C=O) groups is 1. The molecule has 0 bridgehead atoms. The van der Waals surface area contributed by atoms with Gasteiger partial charge in [-0.05, 0) is 43.7 Å². The maximum Gasteiger partial charge on any atom is 0.189 e. The Labute approximate surface area is 164 Å². The van der Waals surface area contributed by atoms with Crippen molar-refractivity contribution in [3.63, 3.8) is 0 Å². The molecule has 1 atom stereocenters. The van der Waals surface area contributed by atoms with Gasteiger partial charge in [0.2, 0.25) is 0 Å². The van der Waals surface area contributed by atoms with E-state index in [1.54, 1.807) is 51.3 Å². The van der Waals surface area contributed by atoms with Crippen molar-refractivity contribution in [2.45, 2.75) is 32.0 Å². The minimum Gasteiger partial charge on any atom is -0.507 e. The summed E-state index contributed by atoms with van der Waals surface area (Å²) in [5, 5.41) is 20.5. The summed E-state index contributed by atoms with van der Waals surface area (Å²) in [6, 6.07) is 8.35. The number of phenolic OH excluding ortho intramolecular Hbond substituents is 1. The maximum absolute atomic E-state index is 12.7. The Morgan fingerprint density at radius 3 is 2.68 bits per heavy atom. The van der Waals surface area contributed by atoms with Crippen LogP contribution in [0, 0.1) is 0 Å². The molecule has 1 heterocycles. The SMILES string of the molecule is COc1cccc(/C=C/C(=O)c2cc3c(cc2O)OC(C)(C)C(O)C3)c1OC. The van der Waals surface area contributed by atoms with Gasteiger partial charge in [-0.25, -0.2) is 0 Å². The first-order valence-corrected chi connectivity index (χ1v) is 8.93. The molecule has 28 heavy (non-hydrogen) atoms. The summed E-state index contributed by atoms with van der Waals surface area (Å²) in [7, 11) is 3.07. The number of hydrogen-bond acceptors (Lipinski definition) is 6. The molecule has 148 valence electrons. The van der Waals surface area contributed by atoms with E-state index in [9.17, 15) is 15.0 Å². The number of allylic oxidation sites excluding steroid dienone is 1. The fourth-order valence-electron chi connectivity index (χ4n) is 3.17. The molecule has 6 heteroatoms. The molecule has 3 rings (SSSR count). The third-order valence-corrected chi connectivity index (χ3v) is 4.88. The molecule has 0 aromatic heterocycles. The minimum absolute atomic E-state index is 0.146. The molecule has 2 N–H and O–H groups in total. The van der Waals surface area contributed by atoms with E-state index in [2.05, 4.69) is 0 Å². The molecule has 0 fully saturated rings. The normalized spacial score (nSPS) is 17.7. The Morgan fingerprint density at radius 2 is 2.00 bits per heavy atom. The third kappa shape index (κ3) is 3.68.